The lowest BCUT2D eigenvalue weighted by Crippen LogP contribution is -2.50. The number of aromatic nitrogens is 1. The second kappa shape index (κ2) is 8.35. The Morgan fingerprint density at radius 2 is 1.97 bits per heavy atom. The Labute approximate surface area is 197 Å². The van der Waals surface area contributed by atoms with Crippen molar-refractivity contribution in [2.24, 2.45) is 34.3 Å². The minimum absolute atomic E-state index is 0.127. The molecule has 0 aliphatic heterocycles. The first-order chi connectivity index (χ1) is 15.7. The molecule has 0 amide bonds. The van der Waals surface area contributed by atoms with Gasteiger partial charge in [-0.3, -0.25) is 9.78 Å². The average molecular weight is 451 g/mol. The molecular weight excluding hydrogens is 412 g/mol. The summed E-state index contributed by atoms with van der Waals surface area (Å²) in [5.41, 5.74) is 10.5. The summed E-state index contributed by atoms with van der Waals surface area (Å²) in [5.74, 6) is 1.58. The van der Waals surface area contributed by atoms with Gasteiger partial charge < -0.3 is 15.6 Å². The highest BCUT2D eigenvalue weighted by atomic mass is 16.5. The fourth-order valence-electron chi connectivity index (χ4n) is 7.70. The van der Waals surface area contributed by atoms with Crippen molar-refractivity contribution in [1.29, 1.82) is 0 Å². The molecule has 1 aromatic rings. The van der Waals surface area contributed by atoms with Crippen LogP contribution < -0.4 is 5.73 Å². The van der Waals surface area contributed by atoms with E-state index in [1.54, 1.807) is 0 Å². The van der Waals surface area contributed by atoms with Crippen molar-refractivity contribution < 1.29 is 14.6 Å². The van der Waals surface area contributed by atoms with Gasteiger partial charge in [-0.25, -0.2) is 0 Å². The molecule has 5 heteroatoms. The van der Waals surface area contributed by atoms with Gasteiger partial charge in [-0.05, 0) is 91.2 Å². The largest absolute Gasteiger partial charge is 0.461 e. The lowest BCUT2D eigenvalue weighted by atomic mass is 9.47. The van der Waals surface area contributed by atoms with Gasteiger partial charge in [0.25, 0.3) is 0 Å². The van der Waals surface area contributed by atoms with Crippen LogP contribution in [-0.2, 0) is 9.53 Å². The molecule has 4 aliphatic rings. The molecule has 0 bridgehead atoms. The number of fused-ring (bicyclic) bond motifs is 5. The molecule has 5 rings (SSSR count). The second-order valence-electron chi connectivity index (χ2n) is 11.4. The van der Waals surface area contributed by atoms with Gasteiger partial charge >= 0.3 is 5.97 Å². The molecule has 2 saturated carbocycles. The topological polar surface area (TPSA) is 85.4 Å². The van der Waals surface area contributed by atoms with Crippen molar-refractivity contribution >= 4 is 11.5 Å². The first-order valence-corrected chi connectivity index (χ1v) is 12.7. The summed E-state index contributed by atoms with van der Waals surface area (Å²) in [5, 5.41) is 9.62. The minimum Gasteiger partial charge on any atom is -0.461 e. The van der Waals surface area contributed by atoms with Crippen LogP contribution in [0.25, 0.3) is 5.57 Å². The van der Waals surface area contributed by atoms with Gasteiger partial charge in [0.05, 0.1) is 6.10 Å². The minimum atomic E-state index is -0.970. The standard InChI is InChI=1S/C28H38N2O3/c1-17(31)25(29)26(32)33-20-10-12-27(2)19(15-20)6-7-21-23-9-8-22(18-5-4-14-30-16-18)28(23,3)13-11-24(21)27/h4-6,8,14,16-17,20-21,23-25,31H,7,9-13,15,29H2,1-3H3/t17?,20-,21+,23+,24+,25?,27+,28-/m1/s1. The third kappa shape index (κ3) is 3.68. The SMILES string of the molecule is CC(O)C(N)C(=O)O[C@@H]1CC[C@@]2(C)C(=CC[C@@H]3[C@@H]2CC[C@]2(C)C(c4cccnc4)=CC[C@@H]32)C1. The summed E-state index contributed by atoms with van der Waals surface area (Å²) in [6.07, 6.45) is 15.3. The van der Waals surface area contributed by atoms with Crippen molar-refractivity contribution in [3.05, 3.63) is 47.8 Å². The fourth-order valence-corrected chi connectivity index (χ4v) is 7.70. The zero-order valence-electron chi connectivity index (χ0n) is 20.2. The number of ether oxygens (including phenoxy) is 1. The maximum Gasteiger partial charge on any atom is 0.325 e. The number of nitrogens with two attached hydrogens (primary N) is 1. The summed E-state index contributed by atoms with van der Waals surface area (Å²) in [4.78, 5) is 16.7. The molecule has 5 nitrogen and oxygen atoms in total. The molecule has 4 aliphatic carbocycles. The molecule has 3 N–H and O–H groups in total. The third-order valence-corrected chi connectivity index (χ3v) is 9.69. The lowest BCUT2D eigenvalue weighted by Gasteiger charge is -2.57. The van der Waals surface area contributed by atoms with Crippen molar-refractivity contribution in [2.75, 3.05) is 0 Å². The zero-order chi connectivity index (χ0) is 23.4. The highest BCUT2D eigenvalue weighted by Crippen LogP contribution is 2.66. The summed E-state index contributed by atoms with van der Waals surface area (Å²) < 4.78 is 5.71. The molecule has 33 heavy (non-hydrogen) atoms. The van der Waals surface area contributed by atoms with Crippen LogP contribution in [0.3, 0.4) is 0 Å². The van der Waals surface area contributed by atoms with Crippen LogP contribution >= 0.6 is 0 Å². The van der Waals surface area contributed by atoms with Crippen LogP contribution in [0, 0.1) is 28.6 Å². The van der Waals surface area contributed by atoms with Gasteiger partial charge in [0, 0.05) is 18.8 Å². The molecule has 2 fully saturated rings. The van der Waals surface area contributed by atoms with E-state index in [-0.39, 0.29) is 16.9 Å². The maximum atomic E-state index is 12.3. The number of nitrogens with zero attached hydrogens (tertiary/aromatic N) is 1. The van der Waals surface area contributed by atoms with Gasteiger partial charge in [0.2, 0.25) is 0 Å². The van der Waals surface area contributed by atoms with Crippen LogP contribution in [0.4, 0.5) is 0 Å². The van der Waals surface area contributed by atoms with E-state index in [0.717, 1.165) is 25.7 Å². The molecular formula is C28H38N2O3. The van der Waals surface area contributed by atoms with Crippen molar-refractivity contribution in [1.82, 2.24) is 4.98 Å². The number of hydrogen-bond donors (Lipinski definition) is 2. The van der Waals surface area contributed by atoms with E-state index in [1.165, 1.54) is 42.9 Å². The van der Waals surface area contributed by atoms with E-state index in [2.05, 4.69) is 43.1 Å². The monoisotopic (exact) mass is 450 g/mol. The molecule has 1 heterocycles. The van der Waals surface area contributed by atoms with E-state index in [9.17, 15) is 9.90 Å². The Morgan fingerprint density at radius 1 is 1.18 bits per heavy atom. The summed E-state index contributed by atoms with van der Waals surface area (Å²) in [6, 6.07) is 3.29. The predicted octanol–water partition coefficient (Wildman–Crippen LogP) is 4.66. The van der Waals surface area contributed by atoms with E-state index in [0.29, 0.717) is 17.8 Å². The summed E-state index contributed by atoms with van der Waals surface area (Å²) in [7, 11) is 0. The van der Waals surface area contributed by atoms with Crippen LogP contribution in [0.1, 0.15) is 71.3 Å². The Kier molecular flexibility index (Phi) is 5.77. The number of aliphatic hydroxyl groups is 1. The molecule has 0 radical (unpaired) electrons. The number of hydrogen-bond acceptors (Lipinski definition) is 5. The van der Waals surface area contributed by atoms with Gasteiger partial charge in [-0.2, -0.15) is 0 Å². The van der Waals surface area contributed by atoms with Crippen molar-refractivity contribution in [3.8, 4) is 0 Å². The molecule has 178 valence electrons. The number of carbonyl (C=O) groups is 1. The smallest absolute Gasteiger partial charge is 0.325 e. The number of aliphatic hydroxyl groups excluding tert-OH is 1. The first kappa shape index (κ1) is 22.8. The molecule has 0 saturated heterocycles. The molecule has 2 unspecified atom stereocenters. The predicted molar refractivity (Wildman–Crippen MR) is 129 cm³/mol. The van der Waals surface area contributed by atoms with Crippen molar-refractivity contribution in [3.63, 3.8) is 0 Å². The van der Waals surface area contributed by atoms with Crippen LogP contribution in [0.15, 0.2) is 42.3 Å². The van der Waals surface area contributed by atoms with Gasteiger partial charge in [-0.1, -0.05) is 37.6 Å². The Balaban J connectivity index is 1.33. The van der Waals surface area contributed by atoms with Gasteiger partial charge in [0.15, 0.2) is 0 Å². The molecule has 1 aromatic heterocycles. The Hall–Kier alpha value is -1.98. The third-order valence-electron chi connectivity index (χ3n) is 9.69. The second-order valence-corrected chi connectivity index (χ2v) is 11.4. The number of rotatable bonds is 4. The van der Waals surface area contributed by atoms with E-state index in [4.69, 9.17) is 10.5 Å². The number of allylic oxidation sites excluding steroid dienone is 3. The number of esters is 1. The van der Waals surface area contributed by atoms with Gasteiger partial charge in [0.1, 0.15) is 12.1 Å². The lowest BCUT2D eigenvalue weighted by molar-refractivity contribution is -0.155. The highest BCUT2D eigenvalue weighted by Gasteiger charge is 2.57. The zero-order valence-corrected chi connectivity index (χ0v) is 20.2. The maximum absolute atomic E-state index is 12.3. The number of carbonyl (C=O) groups excluding carboxylic acids is 1. The molecule has 0 aromatic carbocycles. The van der Waals surface area contributed by atoms with Crippen LogP contribution in [-0.4, -0.2) is 34.3 Å². The summed E-state index contributed by atoms with van der Waals surface area (Å²) >= 11 is 0. The molecule has 8 atom stereocenters. The first-order valence-electron chi connectivity index (χ1n) is 12.7. The normalized spacial score (nSPS) is 39.3. The van der Waals surface area contributed by atoms with Crippen LogP contribution in [0.5, 0.6) is 0 Å². The quantitative estimate of drug-likeness (QED) is 0.515. The number of pyridine rings is 1. The fraction of sp³-hybridized carbons (Fsp3) is 0.643. The molecule has 0 spiro atoms. The van der Waals surface area contributed by atoms with Gasteiger partial charge in [-0.15, -0.1) is 0 Å². The van der Waals surface area contributed by atoms with E-state index in [1.807, 2.05) is 12.4 Å². The van der Waals surface area contributed by atoms with Crippen LogP contribution in [0.2, 0.25) is 0 Å². The highest BCUT2D eigenvalue weighted by molar-refractivity contribution is 5.76. The average Bonchev–Trinajstić information content (AvgIpc) is 3.16. The van der Waals surface area contributed by atoms with Crippen molar-refractivity contribution in [2.45, 2.75) is 84.0 Å². The Morgan fingerprint density at radius 3 is 2.70 bits per heavy atom. The Bertz CT molecular complexity index is 971. The van der Waals surface area contributed by atoms with E-state index >= 15 is 0 Å². The van der Waals surface area contributed by atoms with E-state index < -0.39 is 18.1 Å². The summed E-state index contributed by atoms with van der Waals surface area (Å²) in [6.45, 7) is 6.48.